The third-order valence-corrected chi connectivity index (χ3v) is 6.05. The SMILES string of the molecule is CC1Cc2ccccc2N1C(=O)C(C)N(c1cccc(Cl)c1)S(C)(=O)=O. The van der Waals surface area contributed by atoms with E-state index in [-0.39, 0.29) is 11.9 Å². The Morgan fingerprint density at radius 2 is 1.92 bits per heavy atom. The molecule has 0 fully saturated rings. The fourth-order valence-electron chi connectivity index (χ4n) is 3.52. The van der Waals surface area contributed by atoms with Gasteiger partial charge in [-0.25, -0.2) is 8.42 Å². The number of sulfonamides is 1. The van der Waals surface area contributed by atoms with Gasteiger partial charge < -0.3 is 4.90 Å². The zero-order valence-corrected chi connectivity index (χ0v) is 16.5. The van der Waals surface area contributed by atoms with Gasteiger partial charge in [0.2, 0.25) is 10.0 Å². The van der Waals surface area contributed by atoms with Crippen LogP contribution in [0.1, 0.15) is 19.4 Å². The van der Waals surface area contributed by atoms with Crippen LogP contribution >= 0.6 is 11.6 Å². The molecule has 0 aromatic heterocycles. The monoisotopic (exact) mass is 392 g/mol. The van der Waals surface area contributed by atoms with Gasteiger partial charge in [-0.2, -0.15) is 0 Å². The molecule has 2 unspecified atom stereocenters. The van der Waals surface area contributed by atoms with Crippen LogP contribution in [0, 0.1) is 0 Å². The lowest BCUT2D eigenvalue weighted by Gasteiger charge is -2.33. The fraction of sp³-hybridized carbons (Fsp3) is 0.316. The van der Waals surface area contributed by atoms with Gasteiger partial charge in [0.25, 0.3) is 5.91 Å². The highest BCUT2D eigenvalue weighted by Crippen LogP contribution is 2.34. The summed E-state index contributed by atoms with van der Waals surface area (Å²) in [6.45, 7) is 3.58. The van der Waals surface area contributed by atoms with Crippen molar-refractivity contribution in [3.8, 4) is 0 Å². The van der Waals surface area contributed by atoms with Gasteiger partial charge in [0.1, 0.15) is 6.04 Å². The van der Waals surface area contributed by atoms with Gasteiger partial charge in [0.05, 0.1) is 11.9 Å². The Morgan fingerprint density at radius 3 is 2.58 bits per heavy atom. The third kappa shape index (κ3) is 3.44. The van der Waals surface area contributed by atoms with E-state index in [1.807, 2.05) is 31.2 Å². The lowest BCUT2D eigenvalue weighted by atomic mass is 10.1. The molecule has 1 aliphatic heterocycles. The molecule has 0 radical (unpaired) electrons. The summed E-state index contributed by atoms with van der Waals surface area (Å²) < 4.78 is 26.0. The van der Waals surface area contributed by atoms with Crippen molar-refractivity contribution in [3.63, 3.8) is 0 Å². The number of para-hydroxylation sites is 1. The molecule has 0 aliphatic carbocycles. The van der Waals surface area contributed by atoms with Crippen molar-refractivity contribution in [1.29, 1.82) is 0 Å². The largest absolute Gasteiger partial charge is 0.307 e. The highest BCUT2D eigenvalue weighted by atomic mass is 35.5. The van der Waals surface area contributed by atoms with Crippen LogP contribution in [0.4, 0.5) is 11.4 Å². The third-order valence-electron chi connectivity index (χ3n) is 4.57. The van der Waals surface area contributed by atoms with Crippen LogP contribution in [0.2, 0.25) is 5.02 Å². The van der Waals surface area contributed by atoms with Gasteiger partial charge in [0, 0.05) is 16.8 Å². The quantitative estimate of drug-likeness (QED) is 0.800. The van der Waals surface area contributed by atoms with E-state index in [1.54, 1.807) is 36.1 Å². The smallest absolute Gasteiger partial charge is 0.250 e. The highest BCUT2D eigenvalue weighted by Gasteiger charge is 2.37. The van der Waals surface area contributed by atoms with Crippen molar-refractivity contribution < 1.29 is 13.2 Å². The molecule has 1 heterocycles. The van der Waals surface area contributed by atoms with Gasteiger partial charge in [-0.1, -0.05) is 35.9 Å². The number of hydrogen-bond acceptors (Lipinski definition) is 3. The van der Waals surface area contributed by atoms with E-state index in [4.69, 9.17) is 11.6 Å². The standard InChI is InChI=1S/C19H21ClN2O3S/c1-13-11-15-7-4-5-10-18(15)21(13)19(23)14(2)22(26(3,24)25)17-9-6-8-16(20)12-17/h4-10,12-14H,11H2,1-3H3. The minimum atomic E-state index is -3.68. The summed E-state index contributed by atoms with van der Waals surface area (Å²) in [4.78, 5) is 14.9. The van der Waals surface area contributed by atoms with Gasteiger partial charge in [-0.15, -0.1) is 0 Å². The number of nitrogens with zero attached hydrogens (tertiary/aromatic N) is 2. The molecule has 0 saturated carbocycles. The predicted molar refractivity (Wildman–Crippen MR) is 105 cm³/mol. The minimum absolute atomic E-state index is 0.0249. The maximum absolute atomic E-state index is 13.3. The van der Waals surface area contributed by atoms with Crippen LogP contribution in [0.15, 0.2) is 48.5 Å². The number of carbonyl (C=O) groups excluding carboxylic acids is 1. The molecule has 1 amide bonds. The average Bonchev–Trinajstić information content (AvgIpc) is 2.88. The number of rotatable bonds is 4. The number of halogens is 1. The Morgan fingerprint density at radius 1 is 1.23 bits per heavy atom. The van der Waals surface area contributed by atoms with Gasteiger partial charge in [0.15, 0.2) is 0 Å². The molecule has 2 atom stereocenters. The van der Waals surface area contributed by atoms with Crippen molar-refractivity contribution >= 4 is 38.9 Å². The molecule has 2 aromatic rings. The normalized spacial score (nSPS) is 17.7. The Balaban J connectivity index is 2.00. The molecular weight excluding hydrogens is 372 g/mol. The molecular formula is C19H21ClN2O3S. The first kappa shape index (κ1) is 18.7. The van der Waals surface area contributed by atoms with Crippen LogP contribution in [-0.4, -0.2) is 32.7 Å². The summed E-state index contributed by atoms with van der Waals surface area (Å²) in [5.41, 5.74) is 2.31. The Hall–Kier alpha value is -2.05. The minimum Gasteiger partial charge on any atom is -0.307 e. The van der Waals surface area contributed by atoms with Crippen molar-refractivity contribution in [2.24, 2.45) is 0 Å². The zero-order valence-electron chi connectivity index (χ0n) is 14.9. The summed E-state index contributed by atoms with van der Waals surface area (Å²) in [6.07, 6.45) is 1.85. The molecule has 138 valence electrons. The number of benzene rings is 2. The number of amides is 1. The first-order valence-electron chi connectivity index (χ1n) is 8.36. The average molecular weight is 393 g/mol. The van der Waals surface area contributed by atoms with Crippen LogP contribution in [0.25, 0.3) is 0 Å². The number of anilines is 2. The fourth-order valence-corrected chi connectivity index (χ4v) is 4.86. The lowest BCUT2D eigenvalue weighted by Crippen LogP contribution is -2.51. The maximum Gasteiger partial charge on any atom is 0.250 e. The summed E-state index contributed by atoms with van der Waals surface area (Å²) in [6, 6.07) is 13.3. The summed E-state index contributed by atoms with van der Waals surface area (Å²) in [5.74, 6) is -0.257. The van der Waals surface area contributed by atoms with Crippen LogP contribution in [0.5, 0.6) is 0 Å². The summed E-state index contributed by atoms with van der Waals surface area (Å²) >= 11 is 6.02. The van der Waals surface area contributed by atoms with Crippen molar-refractivity contribution in [1.82, 2.24) is 0 Å². The predicted octanol–water partition coefficient (Wildman–Crippen LogP) is 3.47. The Kier molecular flexibility index (Phi) is 4.99. The maximum atomic E-state index is 13.3. The molecule has 5 nitrogen and oxygen atoms in total. The van der Waals surface area contributed by atoms with Gasteiger partial charge >= 0.3 is 0 Å². The molecule has 0 N–H and O–H groups in total. The summed E-state index contributed by atoms with van der Waals surface area (Å²) in [5, 5.41) is 0.413. The Bertz CT molecular complexity index is 945. The second-order valence-corrected chi connectivity index (χ2v) is 8.90. The van der Waals surface area contributed by atoms with Gasteiger partial charge in [-0.05, 0) is 50.1 Å². The molecule has 0 saturated heterocycles. The first-order chi connectivity index (χ1) is 12.2. The second kappa shape index (κ2) is 6.93. The van der Waals surface area contributed by atoms with E-state index < -0.39 is 16.1 Å². The molecule has 1 aliphatic rings. The number of fused-ring (bicyclic) bond motifs is 1. The Labute approximate surface area is 159 Å². The van der Waals surface area contributed by atoms with Crippen molar-refractivity contribution in [3.05, 3.63) is 59.1 Å². The highest BCUT2D eigenvalue weighted by molar-refractivity contribution is 7.92. The lowest BCUT2D eigenvalue weighted by molar-refractivity contribution is -0.119. The number of hydrogen-bond donors (Lipinski definition) is 0. The topological polar surface area (TPSA) is 57.7 Å². The van der Waals surface area contributed by atoms with Crippen LogP contribution in [-0.2, 0) is 21.2 Å². The zero-order chi connectivity index (χ0) is 19.1. The molecule has 2 aromatic carbocycles. The molecule has 3 rings (SSSR count). The summed E-state index contributed by atoms with van der Waals surface area (Å²) in [7, 11) is -3.68. The van der Waals surface area contributed by atoms with Crippen molar-refractivity contribution in [2.75, 3.05) is 15.5 Å². The molecule has 7 heteroatoms. The van der Waals surface area contributed by atoms with E-state index >= 15 is 0 Å². The van der Waals surface area contributed by atoms with Crippen LogP contribution in [0.3, 0.4) is 0 Å². The number of carbonyl (C=O) groups is 1. The van der Waals surface area contributed by atoms with E-state index in [1.165, 1.54) is 0 Å². The van der Waals surface area contributed by atoms with E-state index in [0.29, 0.717) is 10.7 Å². The van der Waals surface area contributed by atoms with Crippen LogP contribution < -0.4 is 9.21 Å². The van der Waals surface area contributed by atoms with Gasteiger partial charge in [-0.3, -0.25) is 9.10 Å². The van der Waals surface area contributed by atoms with Crippen molar-refractivity contribution in [2.45, 2.75) is 32.4 Å². The first-order valence-corrected chi connectivity index (χ1v) is 10.6. The second-order valence-electron chi connectivity index (χ2n) is 6.60. The molecule has 0 spiro atoms. The van der Waals surface area contributed by atoms with E-state index in [0.717, 1.165) is 28.2 Å². The van der Waals surface area contributed by atoms with E-state index in [9.17, 15) is 13.2 Å². The molecule has 26 heavy (non-hydrogen) atoms. The molecule has 0 bridgehead atoms. The van der Waals surface area contributed by atoms with E-state index in [2.05, 4.69) is 0 Å².